The Labute approximate surface area is 174 Å². The van der Waals surface area contributed by atoms with Crippen molar-refractivity contribution in [1.29, 1.82) is 0 Å². The molecule has 0 bridgehead atoms. The highest BCUT2D eigenvalue weighted by Gasteiger charge is 2.34. The molecule has 1 N–H and O–H groups in total. The molecule has 0 fully saturated rings. The second kappa shape index (κ2) is 7.65. The molecule has 150 valence electrons. The summed E-state index contributed by atoms with van der Waals surface area (Å²) in [4.78, 5) is 13.7. The van der Waals surface area contributed by atoms with Gasteiger partial charge in [0.05, 0.1) is 16.7 Å². The molecule has 4 rings (SSSR count). The van der Waals surface area contributed by atoms with E-state index in [0.717, 1.165) is 16.2 Å². The number of fused-ring (bicyclic) bond motifs is 1. The highest BCUT2D eigenvalue weighted by atomic mass is 32.2. The highest BCUT2D eigenvalue weighted by molar-refractivity contribution is 7.91. The Morgan fingerprint density at radius 1 is 1.10 bits per heavy atom. The SMILES string of the molecule is CC(C)Oc1cccc([C@H]2CC(=O)Nc3c(S(=O)(=O)c4ccccc4)csc32)c1. The number of benzene rings is 2. The summed E-state index contributed by atoms with van der Waals surface area (Å²) in [7, 11) is -3.72. The maximum Gasteiger partial charge on any atom is 0.225 e. The van der Waals surface area contributed by atoms with Crippen LogP contribution in [0.15, 0.2) is 69.8 Å². The minimum Gasteiger partial charge on any atom is -0.491 e. The van der Waals surface area contributed by atoms with Crippen molar-refractivity contribution < 1.29 is 17.9 Å². The first-order chi connectivity index (χ1) is 13.9. The summed E-state index contributed by atoms with van der Waals surface area (Å²) in [5.74, 6) is 0.332. The first-order valence-electron chi connectivity index (χ1n) is 9.34. The van der Waals surface area contributed by atoms with Crippen molar-refractivity contribution >= 4 is 32.8 Å². The highest BCUT2D eigenvalue weighted by Crippen LogP contribution is 2.46. The normalized spacial score (nSPS) is 16.4. The Bertz CT molecular complexity index is 1150. The second-order valence-electron chi connectivity index (χ2n) is 7.20. The van der Waals surface area contributed by atoms with Crippen molar-refractivity contribution in [3.8, 4) is 5.75 Å². The van der Waals surface area contributed by atoms with Gasteiger partial charge in [-0.15, -0.1) is 11.3 Å². The van der Waals surface area contributed by atoms with Gasteiger partial charge in [0.15, 0.2) is 0 Å². The summed E-state index contributed by atoms with van der Waals surface area (Å²) in [5.41, 5.74) is 1.33. The Morgan fingerprint density at radius 3 is 2.59 bits per heavy atom. The maximum absolute atomic E-state index is 13.1. The first kappa shape index (κ1) is 19.7. The Morgan fingerprint density at radius 2 is 1.86 bits per heavy atom. The zero-order valence-electron chi connectivity index (χ0n) is 16.1. The molecule has 0 spiro atoms. The third-order valence-corrected chi connectivity index (χ3v) is 7.77. The van der Waals surface area contributed by atoms with Gasteiger partial charge in [-0.2, -0.15) is 0 Å². The molecule has 0 saturated heterocycles. The van der Waals surface area contributed by atoms with Gasteiger partial charge in [0.25, 0.3) is 0 Å². The molecule has 1 amide bonds. The summed E-state index contributed by atoms with van der Waals surface area (Å²) >= 11 is 1.36. The van der Waals surface area contributed by atoms with Crippen LogP contribution in [0.5, 0.6) is 5.75 Å². The van der Waals surface area contributed by atoms with E-state index in [9.17, 15) is 13.2 Å². The molecular formula is C22H21NO4S2. The molecule has 1 atom stereocenters. The monoisotopic (exact) mass is 427 g/mol. The molecule has 0 saturated carbocycles. The number of nitrogens with one attached hydrogen (secondary N) is 1. The van der Waals surface area contributed by atoms with E-state index in [1.807, 2.05) is 38.1 Å². The molecule has 2 heterocycles. The van der Waals surface area contributed by atoms with Gasteiger partial charge in [-0.1, -0.05) is 30.3 Å². The van der Waals surface area contributed by atoms with Gasteiger partial charge in [-0.05, 0) is 43.7 Å². The molecule has 3 aromatic rings. The number of thiophene rings is 1. The molecular weight excluding hydrogens is 406 g/mol. The third kappa shape index (κ3) is 3.80. The summed E-state index contributed by atoms with van der Waals surface area (Å²) in [5, 5.41) is 4.42. The summed E-state index contributed by atoms with van der Waals surface area (Å²) in [6.45, 7) is 3.91. The van der Waals surface area contributed by atoms with Crippen molar-refractivity contribution in [3.05, 3.63) is 70.4 Å². The Kier molecular flexibility index (Phi) is 5.19. The third-order valence-electron chi connectivity index (χ3n) is 4.73. The van der Waals surface area contributed by atoms with Crippen LogP contribution in [0.2, 0.25) is 0 Å². The van der Waals surface area contributed by atoms with Crippen LogP contribution in [0.4, 0.5) is 5.69 Å². The summed E-state index contributed by atoms with van der Waals surface area (Å²) in [6.07, 6.45) is 0.309. The van der Waals surface area contributed by atoms with Crippen LogP contribution < -0.4 is 10.1 Å². The minimum atomic E-state index is -3.72. The molecule has 0 radical (unpaired) electrons. The minimum absolute atomic E-state index is 0.0415. The molecule has 7 heteroatoms. The lowest BCUT2D eigenvalue weighted by atomic mass is 9.90. The van der Waals surface area contributed by atoms with Gasteiger partial charge in [0.1, 0.15) is 10.6 Å². The number of amides is 1. The van der Waals surface area contributed by atoms with E-state index in [1.165, 1.54) is 11.3 Å². The van der Waals surface area contributed by atoms with E-state index in [2.05, 4.69) is 5.32 Å². The van der Waals surface area contributed by atoms with Crippen LogP contribution in [0.25, 0.3) is 0 Å². The van der Waals surface area contributed by atoms with E-state index in [-0.39, 0.29) is 34.1 Å². The summed E-state index contributed by atoms with van der Waals surface area (Å²) < 4.78 is 32.0. The van der Waals surface area contributed by atoms with E-state index < -0.39 is 9.84 Å². The first-order valence-corrected chi connectivity index (χ1v) is 11.7. The Balaban J connectivity index is 1.78. The number of ether oxygens (including phenoxy) is 1. The lowest BCUT2D eigenvalue weighted by Crippen LogP contribution is -2.23. The Hall–Kier alpha value is -2.64. The molecule has 29 heavy (non-hydrogen) atoms. The smallest absolute Gasteiger partial charge is 0.225 e. The summed E-state index contributed by atoms with van der Waals surface area (Å²) in [6, 6.07) is 15.9. The molecule has 0 aliphatic carbocycles. The zero-order chi connectivity index (χ0) is 20.6. The van der Waals surface area contributed by atoms with Crippen molar-refractivity contribution in [2.45, 2.75) is 42.1 Å². The van der Waals surface area contributed by atoms with Crippen molar-refractivity contribution in [1.82, 2.24) is 0 Å². The number of sulfone groups is 1. The van der Waals surface area contributed by atoms with E-state index in [1.54, 1.807) is 35.7 Å². The van der Waals surface area contributed by atoms with Crippen LogP contribution in [-0.4, -0.2) is 20.4 Å². The van der Waals surface area contributed by atoms with Crippen LogP contribution in [0.3, 0.4) is 0 Å². The van der Waals surface area contributed by atoms with E-state index in [4.69, 9.17) is 4.74 Å². The molecule has 1 aromatic heterocycles. The average Bonchev–Trinajstić information content (AvgIpc) is 3.12. The van der Waals surface area contributed by atoms with Gasteiger partial charge in [0, 0.05) is 22.6 Å². The second-order valence-corrected chi connectivity index (χ2v) is 10.0. The van der Waals surface area contributed by atoms with Gasteiger partial charge in [-0.3, -0.25) is 4.79 Å². The van der Waals surface area contributed by atoms with Crippen LogP contribution in [-0.2, 0) is 14.6 Å². The topological polar surface area (TPSA) is 72.5 Å². The average molecular weight is 428 g/mol. The predicted octanol–water partition coefficient (Wildman–Crippen LogP) is 4.84. The molecule has 0 unspecified atom stereocenters. The maximum atomic E-state index is 13.1. The molecule has 1 aliphatic heterocycles. The lowest BCUT2D eigenvalue weighted by Gasteiger charge is -2.24. The van der Waals surface area contributed by atoms with E-state index >= 15 is 0 Å². The molecule has 2 aromatic carbocycles. The van der Waals surface area contributed by atoms with Gasteiger partial charge >= 0.3 is 0 Å². The quantitative estimate of drug-likeness (QED) is 0.632. The fraction of sp³-hybridized carbons (Fsp3) is 0.227. The number of hydrogen-bond acceptors (Lipinski definition) is 5. The zero-order valence-corrected chi connectivity index (χ0v) is 17.7. The van der Waals surface area contributed by atoms with Crippen LogP contribution >= 0.6 is 11.3 Å². The number of carbonyl (C=O) groups excluding carboxylic acids is 1. The van der Waals surface area contributed by atoms with Crippen molar-refractivity contribution in [3.63, 3.8) is 0 Å². The number of rotatable bonds is 5. The predicted molar refractivity (Wildman–Crippen MR) is 114 cm³/mol. The van der Waals surface area contributed by atoms with Gasteiger partial charge in [-0.25, -0.2) is 8.42 Å². The lowest BCUT2D eigenvalue weighted by molar-refractivity contribution is -0.116. The number of carbonyl (C=O) groups is 1. The molecule has 5 nitrogen and oxygen atoms in total. The van der Waals surface area contributed by atoms with Crippen molar-refractivity contribution in [2.75, 3.05) is 5.32 Å². The fourth-order valence-corrected chi connectivity index (χ4v) is 6.40. The fourth-order valence-electron chi connectivity index (χ4n) is 3.47. The van der Waals surface area contributed by atoms with E-state index in [0.29, 0.717) is 5.69 Å². The molecule has 1 aliphatic rings. The largest absolute Gasteiger partial charge is 0.491 e. The van der Waals surface area contributed by atoms with Crippen molar-refractivity contribution in [2.24, 2.45) is 0 Å². The standard InChI is InChI=1S/C22H21NO4S2/c1-14(2)27-16-8-6-7-15(11-16)18-12-20(24)23-21-19(13-28-22(18)21)29(25,26)17-9-4-3-5-10-17/h3-11,13-14,18H,12H2,1-2H3,(H,23,24)/t18-/m1/s1. The van der Waals surface area contributed by atoms with Gasteiger partial charge in [0.2, 0.25) is 15.7 Å². The number of anilines is 1. The van der Waals surface area contributed by atoms with Crippen LogP contribution in [0, 0.1) is 0 Å². The van der Waals surface area contributed by atoms with Crippen LogP contribution in [0.1, 0.15) is 36.6 Å². The van der Waals surface area contributed by atoms with Gasteiger partial charge < -0.3 is 10.1 Å². The number of hydrogen-bond donors (Lipinski definition) is 1.